The highest BCUT2D eigenvalue weighted by atomic mass is 16.5. The first-order valence-corrected chi connectivity index (χ1v) is 5.91. The van der Waals surface area contributed by atoms with E-state index in [1.807, 2.05) is 0 Å². The van der Waals surface area contributed by atoms with Gasteiger partial charge >= 0.3 is 0 Å². The van der Waals surface area contributed by atoms with E-state index in [-0.39, 0.29) is 0 Å². The first kappa shape index (κ1) is 9.60. The number of ether oxygens (including phenoxy) is 2. The highest BCUT2D eigenvalue weighted by Gasteiger charge is 2.44. The van der Waals surface area contributed by atoms with Gasteiger partial charge in [-0.1, -0.05) is 0 Å². The molecule has 84 valence electrons. The zero-order valence-corrected chi connectivity index (χ0v) is 8.95. The first-order chi connectivity index (χ1) is 7.34. The molecule has 0 amide bonds. The second-order valence-electron chi connectivity index (χ2n) is 4.70. The number of morpholine rings is 1. The second-order valence-corrected chi connectivity index (χ2v) is 4.70. The monoisotopic (exact) mass is 210 g/mol. The Bertz CT molecular complexity index is 263. The molecule has 0 aliphatic carbocycles. The lowest BCUT2D eigenvalue weighted by Gasteiger charge is -2.33. The van der Waals surface area contributed by atoms with E-state index >= 15 is 0 Å². The van der Waals surface area contributed by atoms with Gasteiger partial charge in [-0.3, -0.25) is 5.41 Å². The summed E-state index contributed by atoms with van der Waals surface area (Å²) < 4.78 is 11.1. The van der Waals surface area contributed by atoms with Crippen LogP contribution in [0.3, 0.4) is 0 Å². The van der Waals surface area contributed by atoms with Crippen LogP contribution in [0.15, 0.2) is 0 Å². The molecule has 0 saturated carbocycles. The molecular weight excluding hydrogens is 192 g/mol. The molecular formula is C11H18N2O2. The molecule has 3 aliphatic heterocycles. The molecule has 0 spiro atoms. The fraction of sp³-hybridized carbons (Fsp3) is 0.909. The maximum absolute atomic E-state index is 8.23. The predicted octanol–water partition coefficient (Wildman–Crippen LogP) is 0.863. The van der Waals surface area contributed by atoms with E-state index in [1.54, 1.807) is 0 Å². The Kier molecular flexibility index (Phi) is 2.41. The van der Waals surface area contributed by atoms with Gasteiger partial charge in [-0.05, 0) is 19.3 Å². The summed E-state index contributed by atoms with van der Waals surface area (Å²) in [6.07, 6.45) is 4.22. The minimum Gasteiger partial charge on any atom is -0.378 e. The minimum atomic E-state index is 0.338. The Morgan fingerprint density at radius 1 is 1.20 bits per heavy atom. The molecule has 3 rings (SSSR count). The summed E-state index contributed by atoms with van der Waals surface area (Å²) >= 11 is 0. The van der Waals surface area contributed by atoms with E-state index in [4.69, 9.17) is 14.9 Å². The third-order valence-corrected chi connectivity index (χ3v) is 3.81. The Morgan fingerprint density at radius 3 is 2.60 bits per heavy atom. The molecule has 3 saturated heterocycles. The number of hydrogen-bond donors (Lipinski definition) is 1. The van der Waals surface area contributed by atoms with Crippen LogP contribution in [0.4, 0.5) is 0 Å². The summed E-state index contributed by atoms with van der Waals surface area (Å²) in [4.78, 5) is 2.16. The standard InChI is InChI=1S/C11H18N2O2/c12-11(13-3-5-14-6-4-13)9-7-8-1-2-10(9)15-8/h8-10,12H,1-7H2. The van der Waals surface area contributed by atoms with Crippen molar-refractivity contribution in [1.29, 1.82) is 5.41 Å². The normalized spacial score (nSPS) is 39.7. The molecule has 3 atom stereocenters. The zero-order chi connectivity index (χ0) is 10.3. The summed E-state index contributed by atoms with van der Waals surface area (Å²) in [5.74, 6) is 1.16. The summed E-state index contributed by atoms with van der Waals surface area (Å²) in [5.41, 5.74) is 0. The number of nitrogens with one attached hydrogen (secondary N) is 1. The first-order valence-electron chi connectivity index (χ1n) is 5.91. The fourth-order valence-electron chi connectivity index (χ4n) is 2.96. The van der Waals surface area contributed by atoms with Crippen LogP contribution in [0.5, 0.6) is 0 Å². The largest absolute Gasteiger partial charge is 0.378 e. The van der Waals surface area contributed by atoms with Crippen molar-refractivity contribution in [3.05, 3.63) is 0 Å². The third kappa shape index (κ3) is 1.66. The van der Waals surface area contributed by atoms with Crippen LogP contribution in [-0.4, -0.2) is 49.2 Å². The van der Waals surface area contributed by atoms with Crippen LogP contribution in [-0.2, 0) is 9.47 Å². The van der Waals surface area contributed by atoms with Gasteiger partial charge in [-0.15, -0.1) is 0 Å². The van der Waals surface area contributed by atoms with Crippen LogP contribution in [0.1, 0.15) is 19.3 Å². The number of rotatable bonds is 1. The van der Waals surface area contributed by atoms with Crippen LogP contribution in [0.25, 0.3) is 0 Å². The SMILES string of the molecule is N=C(C1CC2CCC1O2)N1CCOCC1. The van der Waals surface area contributed by atoms with Gasteiger partial charge in [0.05, 0.1) is 25.4 Å². The Morgan fingerprint density at radius 2 is 2.00 bits per heavy atom. The Balaban J connectivity index is 1.64. The van der Waals surface area contributed by atoms with E-state index in [1.165, 1.54) is 6.42 Å². The minimum absolute atomic E-state index is 0.338. The maximum Gasteiger partial charge on any atom is 0.102 e. The van der Waals surface area contributed by atoms with Crippen molar-refractivity contribution in [2.75, 3.05) is 26.3 Å². The van der Waals surface area contributed by atoms with E-state index in [0.717, 1.165) is 45.0 Å². The van der Waals surface area contributed by atoms with E-state index in [9.17, 15) is 0 Å². The van der Waals surface area contributed by atoms with Crippen molar-refractivity contribution in [1.82, 2.24) is 4.90 Å². The quantitative estimate of drug-likeness (QED) is 0.516. The van der Waals surface area contributed by atoms with Gasteiger partial charge in [0, 0.05) is 19.0 Å². The highest BCUT2D eigenvalue weighted by molar-refractivity contribution is 5.82. The van der Waals surface area contributed by atoms with Gasteiger partial charge in [0.15, 0.2) is 0 Å². The average Bonchev–Trinajstić information content (AvgIpc) is 2.91. The van der Waals surface area contributed by atoms with E-state index in [2.05, 4.69) is 4.90 Å². The van der Waals surface area contributed by atoms with Gasteiger partial charge in [0.25, 0.3) is 0 Å². The van der Waals surface area contributed by atoms with Gasteiger partial charge in [-0.2, -0.15) is 0 Å². The molecule has 3 unspecified atom stereocenters. The lowest BCUT2D eigenvalue weighted by Crippen LogP contribution is -2.45. The van der Waals surface area contributed by atoms with Crippen molar-refractivity contribution < 1.29 is 9.47 Å². The third-order valence-electron chi connectivity index (χ3n) is 3.81. The van der Waals surface area contributed by atoms with E-state index < -0.39 is 0 Å². The lowest BCUT2D eigenvalue weighted by atomic mass is 9.88. The summed E-state index contributed by atoms with van der Waals surface area (Å²) in [6.45, 7) is 3.30. The van der Waals surface area contributed by atoms with Crippen molar-refractivity contribution in [2.24, 2.45) is 5.92 Å². The topological polar surface area (TPSA) is 45.5 Å². The van der Waals surface area contributed by atoms with Crippen molar-refractivity contribution in [2.45, 2.75) is 31.5 Å². The molecule has 3 fully saturated rings. The summed E-state index contributed by atoms with van der Waals surface area (Å²) in [6, 6.07) is 0. The number of fused-ring (bicyclic) bond motifs is 2. The second kappa shape index (κ2) is 3.76. The Labute approximate surface area is 90.0 Å². The van der Waals surface area contributed by atoms with Gasteiger partial charge in [-0.25, -0.2) is 0 Å². The van der Waals surface area contributed by atoms with Crippen molar-refractivity contribution in [3.8, 4) is 0 Å². The van der Waals surface area contributed by atoms with Crippen LogP contribution >= 0.6 is 0 Å². The molecule has 2 bridgehead atoms. The average molecular weight is 210 g/mol. The summed E-state index contributed by atoms with van der Waals surface area (Å²) in [7, 11) is 0. The van der Waals surface area contributed by atoms with E-state index in [0.29, 0.717) is 18.1 Å². The molecule has 15 heavy (non-hydrogen) atoms. The van der Waals surface area contributed by atoms with Crippen molar-refractivity contribution in [3.63, 3.8) is 0 Å². The molecule has 4 nitrogen and oxygen atoms in total. The number of nitrogens with zero attached hydrogens (tertiary/aromatic N) is 1. The van der Waals surface area contributed by atoms with Crippen molar-refractivity contribution >= 4 is 5.84 Å². The van der Waals surface area contributed by atoms with Gasteiger partial charge < -0.3 is 14.4 Å². The highest BCUT2D eigenvalue weighted by Crippen LogP contribution is 2.39. The molecule has 0 aromatic carbocycles. The molecule has 3 heterocycles. The Hall–Kier alpha value is -0.610. The fourth-order valence-corrected chi connectivity index (χ4v) is 2.96. The number of hydrogen-bond acceptors (Lipinski definition) is 3. The predicted molar refractivity (Wildman–Crippen MR) is 56.1 cm³/mol. The summed E-state index contributed by atoms with van der Waals surface area (Å²) in [5, 5.41) is 8.23. The van der Waals surface area contributed by atoms with Gasteiger partial charge in [0.2, 0.25) is 0 Å². The lowest BCUT2D eigenvalue weighted by molar-refractivity contribution is 0.0624. The van der Waals surface area contributed by atoms with Crippen LogP contribution in [0.2, 0.25) is 0 Å². The molecule has 4 heteroatoms. The molecule has 3 aliphatic rings. The molecule has 0 aromatic rings. The van der Waals surface area contributed by atoms with Crippen LogP contribution in [0, 0.1) is 11.3 Å². The number of amidine groups is 1. The molecule has 1 N–H and O–H groups in total. The molecule has 0 radical (unpaired) electrons. The zero-order valence-electron chi connectivity index (χ0n) is 8.95. The molecule has 0 aromatic heterocycles. The smallest absolute Gasteiger partial charge is 0.102 e. The van der Waals surface area contributed by atoms with Crippen LogP contribution < -0.4 is 0 Å². The van der Waals surface area contributed by atoms with Gasteiger partial charge in [0.1, 0.15) is 5.84 Å². The maximum atomic E-state index is 8.23.